The summed E-state index contributed by atoms with van der Waals surface area (Å²) in [7, 11) is 0. The maximum atomic E-state index is 11.8. The quantitative estimate of drug-likeness (QED) is 0.679. The van der Waals surface area contributed by atoms with Gasteiger partial charge in [-0.15, -0.1) is 0 Å². The molecule has 0 aliphatic heterocycles. The highest BCUT2D eigenvalue weighted by molar-refractivity contribution is 5.91. The molecule has 0 fully saturated rings. The summed E-state index contributed by atoms with van der Waals surface area (Å²) in [5, 5.41) is 11.5. The molecule has 1 heterocycles. The Morgan fingerprint density at radius 2 is 2.15 bits per heavy atom. The first-order valence-corrected chi connectivity index (χ1v) is 6.43. The van der Waals surface area contributed by atoms with Gasteiger partial charge in [-0.2, -0.15) is 0 Å². The Kier molecular flexibility index (Phi) is 5.89. The maximum absolute atomic E-state index is 11.8. The molecule has 110 valence electrons. The molecule has 0 saturated carbocycles. The van der Waals surface area contributed by atoms with Crippen molar-refractivity contribution in [2.75, 3.05) is 6.54 Å². The Bertz CT molecular complexity index is 504. The van der Waals surface area contributed by atoms with Gasteiger partial charge >= 0.3 is 5.97 Å². The lowest BCUT2D eigenvalue weighted by Crippen LogP contribution is -2.32. The number of hydrogen-bond acceptors (Lipinski definition) is 4. The van der Waals surface area contributed by atoms with Crippen LogP contribution in [-0.2, 0) is 4.79 Å². The van der Waals surface area contributed by atoms with Crippen molar-refractivity contribution in [1.29, 1.82) is 0 Å². The maximum Gasteiger partial charge on any atom is 0.303 e. The number of carbonyl (C=O) groups excluding carboxylic acids is 1. The van der Waals surface area contributed by atoms with E-state index >= 15 is 0 Å². The van der Waals surface area contributed by atoms with E-state index in [9.17, 15) is 14.4 Å². The number of carboxylic acids is 1. The van der Waals surface area contributed by atoms with E-state index in [1.54, 1.807) is 0 Å². The fourth-order valence-corrected chi connectivity index (χ4v) is 1.95. The van der Waals surface area contributed by atoms with Gasteiger partial charge in [0, 0.05) is 19.2 Å². The molecule has 0 aromatic carbocycles. The van der Waals surface area contributed by atoms with Crippen LogP contribution in [0.15, 0.2) is 17.2 Å². The van der Waals surface area contributed by atoms with Gasteiger partial charge in [-0.3, -0.25) is 14.4 Å². The van der Waals surface area contributed by atoms with Crippen LogP contribution in [0.25, 0.3) is 0 Å². The highest BCUT2D eigenvalue weighted by atomic mass is 16.4. The van der Waals surface area contributed by atoms with Crippen molar-refractivity contribution in [2.24, 2.45) is 11.8 Å². The minimum Gasteiger partial charge on any atom is -0.481 e. The van der Waals surface area contributed by atoms with Crippen molar-refractivity contribution in [3.8, 4) is 0 Å². The molecule has 0 radical (unpaired) electrons. The molecule has 0 bridgehead atoms. The number of amides is 1. The van der Waals surface area contributed by atoms with E-state index in [0.29, 0.717) is 12.3 Å². The lowest BCUT2D eigenvalue weighted by atomic mass is 9.94. The second-order valence-corrected chi connectivity index (χ2v) is 5.10. The minimum atomic E-state index is -0.882. The van der Waals surface area contributed by atoms with Gasteiger partial charge in [0.15, 0.2) is 0 Å². The Labute approximate surface area is 116 Å². The SMILES string of the molecule is CC(C)C[C@H](CNC(=O)c1c[nH]c(=O)cn1)CC(=O)O. The van der Waals surface area contributed by atoms with Gasteiger partial charge in [-0.1, -0.05) is 13.8 Å². The number of nitrogens with zero attached hydrogens (tertiary/aromatic N) is 1. The largest absolute Gasteiger partial charge is 0.481 e. The highest BCUT2D eigenvalue weighted by Crippen LogP contribution is 2.14. The molecule has 20 heavy (non-hydrogen) atoms. The number of rotatable bonds is 7. The Morgan fingerprint density at radius 1 is 1.45 bits per heavy atom. The van der Waals surface area contributed by atoms with E-state index in [0.717, 1.165) is 6.20 Å². The van der Waals surface area contributed by atoms with Gasteiger partial charge in [0.2, 0.25) is 0 Å². The van der Waals surface area contributed by atoms with Crippen molar-refractivity contribution < 1.29 is 14.7 Å². The van der Waals surface area contributed by atoms with Crippen LogP contribution in [0.3, 0.4) is 0 Å². The Morgan fingerprint density at radius 3 is 2.65 bits per heavy atom. The fourth-order valence-electron chi connectivity index (χ4n) is 1.95. The molecule has 7 heteroatoms. The van der Waals surface area contributed by atoms with Crippen LogP contribution in [0.5, 0.6) is 0 Å². The average molecular weight is 281 g/mol. The predicted molar refractivity (Wildman–Crippen MR) is 72.4 cm³/mol. The summed E-state index contributed by atoms with van der Waals surface area (Å²) in [5.41, 5.74) is -0.284. The molecule has 1 aromatic heterocycles. The third-order valence-electron chi connectivity index (χ3n) is 2.72. The second-order valence-electron chi connectivity index (χ2n) is 5.10. The first kappa shape index (κ1) is 15.9. The summed E-state index contributed by atoms with van der Waals surface area (Å²) < 4.78 is 0. The third-order valence-corrected chi connectivity index (χ3v) is 2.72. The molecular weight excluding hydrogens is 262 g/mol. The van der Waals surface area contributed by atoms with Crippen LogP contribution in [0.1, 0.15) is 37.2 Å². The Hall–Kier alpha value is -2.18. The van der Waals surface area contributed by atoms with E-state index in [2.05, 4.69) is 15.3 Å². The number of H-pyrrole nitrogens is 1. The molecule has 0 aliphatic carbocycles. The number of aliphatic carboxylic acids is 1. The molecule has 1 aromatic rings. The molecule has 1 amide bonds. The zero-order valence-corrected chi connectivity index (χ0v) is 11.5. The van der Waals surface area contributed by atoms with Crippen molar-refractivity contribution in [3.63, 3.8) is 0 Å². The number of hydrogen-bond donors (Lipinski definition) is 3. The number of carbonyl (C=O) groups is 2. The van der Waals surface area contributed by atoms with Crippen LogP contribution in [0, 0.1) is 11.8 Å². The molecule has 1 rings (SSSR count). The van der Waals surface area contributed by atoms with E-state index in [4.69, 9.17) is 5.11 Å². The van der Waals surface area contributed by atoms with E-state index in [1.807, 2.05) is 13.8 Å². The third kappa shape index (κ3) is 5.64. The summed E-state index contributed by atoms with van der Waals surface area (Å²) in [6.45, 7) is 4.27. The molecule has 0 aliphatic rings. The molecule has 1 atom stereocenters. The summed E-state index contributed by atoms with van der Waals surface area (Å²) in [6.07, 6.45) is 2.98. The van der Waals surface area contributed by atoms with E-state index < -0.39 is 11.9 Å². The summed E-state index contributed by atoms with van der Waals surface area (Å²) in [6, 6.07) is 0. The number of nitrogens with one attached hydrogen (secondary N) is 2. The van der Waals surface area contributed by atoms with Gasteiger partial charge < -0.3 is 15.4 Å². The topological polar surface area (TPSA) is 112 Å². The monoisotopic (exact) mass is 281 g/mol. The average Bonchev–Trinajstić information content (AvgIpc) is 2.35. The Balaban J connectivity index is 2.57. The smallest absolute Gasteiger partial charge is 0.303 e. The van der Waals surface area contributed by atoms with Crippen molar-refractivity contribution in [2.45, 2.75) is 26.7 Å². The van der Waals surface area contributed by atoms with E-state index in [1.165, 1.54) is 6.20 Å². The van der Waals surface area contributed by atoms with Crippen molar-refractivity contribution in [1.82, 2.24) is 15.3 Å². The standard InChI is InChI=1S/C13H19N3O4/c1-8(2)3-9(4-12(18)19)5-16-13(20)10-6-15-11(17)7-14-10/h6-9H,3-5H2,1-2H3,(H,15,17)(H,16,20)(H,18,19)/t9-/m0/s1. The molecule has 0 spiro atoms. The zero-order chi connectivity index (χ0) is 15.1. The zero-order valence-electron chi connectivity index (χ0n) is 11.5. The summed E-state index contributed by atoms with van der Waals surface area (Å²) in [5.74, 6) is -1.09. The first-order valence-electron chi connectivity index (χ1n) is 6.43. The lowest BCUT2D eigenvalue weighted by Gasteiger charge is -2.17. The van der Waals surface area contributed by atoms with Crippen LogP contribution in [0.2, 0.25) is 0 Å². The van der Waals surface area contributed by atoms with Crippen molar-refractivity contribution in [3.05, 3.63) is 28.4 Å². The fraction of sp³-hybridized carbons (Fsp3) is 0.538. The number of aromatic nitrogens is 2. The predicted octanol–water partition coefficient (Wildman–Crippen LogP) is 0.637. The normalized spacial score (nSPS) is 12.2. The molecule has 7 nitrogen and oxygen atoms in total. The second kappa shape index (κ2) is 7.42. The summed E-state index contributed by atoms with van der Waals surface area (Å²) >= 11 is 0. The minimum absolute atomic E-state index is 0.0114. The lowest BCUT2D eigenvalue weighted by molar-refractivity contribution is -0.138. The molecular formula is C13H19N3O4. The molecule has 0 saturated heterocycles. The van der Waals surface area contributed by atoms with Crippen LogP contribution in [0.4, 0.5) is 0 Å². The number of carboxylic acid groups (broad SMARTS) is 1. The van der Waals surface area contributed by atoms with Crippen LogP contribution in [-0.4, -0.2) is 33.5 Å². The van der Waals surface area contributed by atoms with Gasteiger partial charge in [0.25, 0.3) is 11.5 Å². The van der Waals surface area contributed by atoms with Gasteiger partial charge in [-0.25, -0.2) is 4.98 Å². The van der Waals surface area contributed by atoms with E-state index in [-0.39, 0.29) is 30.1 Å². The summed E-state index contributed by atoms with van der Waals surface area (Å²) in [4.78, 5) is 39.5. The first-order chi connectivity index (χ1) is 9.38. The van der Waals surface area contributed by atoms with Gasteiger partial charge in [0.1, 0.15) is 5.69 Å². The van der Waals surface area contributed by atoms with Crippen LogP contribution >= 0.6 is 0 Å². The highest BCUT2D eigenvalue weighted by Gasteiger charge is 2.17. The van der Waals surface area contributed by atoms with Crippen molar-refractivity contribution >= 4 is 11.9 Å². The number of aromatic amines is 1. The molecule has 3 N–H and O–H groups in total. The molecule has 0 unspecified atom stereocenters. The van der Waals surface area contributed by atoms with Crippen LogP contribution < -0.4 is 10.9 Å². The van der Waals surface area contributed by atoms with Gasteiger partial charge in [-0.05, 0) is 18.3 Å². The van der Waals surface area contributed by atoms with Gasteiger partial charge in [0.05, 0.1) is 6.20 Å².